The lowest BCUT2D eigenvalue weighted by Gasteiger charge is -2.25. The van der Waals surface area contributed by atoms with Crippen LogP contribution in [-0.4, -0.2) is 26.2 Å². The second-order valence-electron chi connectivity index (χ2n) is 8.79. The average molecular weight is 429 g/mol. The molecule has 0 fully saturated rings. The second-order valence-corrected chi connectivity index (χ2v) is 8.79. The van der Waals surface area contributed by atoms with Crippen molar-refractivity contribution in [3.05, 3.63) is 70.8 Å². The van der Waals surface area contributed by atoms with Crippen molar-refractivity contribution >= 4 is 11.4 Å². The summed E-state index contributed by atoms with van der Waals surface area (Å²) in [6.45, 7) is 22.0. The van der Waals surface area contributed by atoms with Gasteiger partial charge in [0.1, 0.15) is 0 Å². The van der Waals surface area contributed by atoms with E-state index in [4.69, 9.17) is 0 Å². The van der Waals surface area contributed by atoms with Crippen LogP contribution in [0.2, 0.25) is 0 Å². The molecule has 32 heavy (non-hydrogen) atoms. The molecule has 0 aromatic heterocycles. The minimum absolute atomic E-state index is 1.03. The largest absolute Gasteiger partial charge is 0.372 e. The summed E-state index contributed by atoms with van der Waals surface area (Å²) < 4.78 is 0. The van der Waals surface area contributed by atoms with Gasteiger partial charge in [0.05, 0.1) is 0 Å². The summed E-state index contributed by atoms with van der Waals surface area (Å²) >= 11 is 0. The summed E-state index contributed by atoms with van der Waals surface area (Å²) in [5.74, 6) is 0. The summed E-state index contributed by atoms with van der Waals surface area (Å²) in [6, 6.07) is 18.5. The van der Waals surface area contributed by atoms with Crippen LogP contribution in [0.5, 0.6) is 0 Å². The molecule has 0 saturated heterocycles. The quantitative estimate of drug-likeness (QED) is 0.359. The van der Waals surface area contributed by atoms with E-state index in [1.54, 1.807) is 0 Å². The van der Waals surface area contributed by atoms with Crippen molar-refractivity contribution in [2.24, 2.45) is 0 Å². The van der Waals surface area contributed by atoms with Crippen LogP contribution < -0.4 is 9.80 Å². The molecule has 0 N–H and O–H groups in total. The topological polar surface area (TPSA) is 6.48 Å². The van der Waals surface area contributed by atoms with Crippen LogP contribution in [-0.2, 0) is 0 Å². The van der Waals surface area contributed by atoms with Crippen LogP contribution in [0.3, 0.4) is 0 Å². The van der Waals surface area contributed by atoms with Gasteiger partial charge in [0.25, 0.3) is 0 Å². The predicted molar refractivity (Wildman–Crippen MR) is 143 cm³/mol. The maximum Gasteiger partial charge on any atom is 0.0369 e. The Morgan fingerprint density at radius 1 is 0.469 bits per heavy atom. The number of rotatable bonds is 8. The highest BCUT2D eigenvalue weighted by molar-refractivity contribution is 5.91. The lowest BCUT2D eigenvalue weighted by molar-refractivity contribution is 0.865. The zero-order valence-corrected chi connectivity index (χ0v) is 21.3. The molecular formula is C30H40N2. The van der Waals surface area contributed by atoms with Crippen LogP contribution in [0.4, 0.5) is 11.4 Å². The molecule has 170 valence electrons. The number of nitrogens with zero attached hydrogens (tertiary/aromatic N) is 2. The van der Waals surface area contributed by atoms with Gasteiger partial charge in [-0.15, -0.1) is 0 Å². The van der Waals surface area contributed by atoms with E-state index < -0.39 is 0 Å². The number of anilines is 2. The predicted octanol–water partition coefficient (Wildman–Crippen LogP) is 7.95. The second kappa shape index (κ2) is 10.3. The highest BCUT2D eigenvalue weighted by atomic mass is 15.1. The van der Waals surface area contributed by atoms with E-state index in [-0.39, 0.29) is 0 Å². The van der Waals surface area contributed by atoms with Gasteiger partial charge in [-0.3, -0.25) is 0 Å². The van der Waals surface area contributed by atoms with Gasteiger partial charge >= 0.3 is 0 Å². The summed E-state index contributed by atoms with van der Waals surface area (Å²) in [4.78, 5) is 4.83. The number of aryl methyl sites for hydroxylation is 4. The van der Waals surface area contributed by atoms with Gasteiger partial charge in [-0.05, 0) is 124 Å². The monoisotopic (exact) mass is 428 g/mol. The van der Waals surface area contributed by atoms with Gasteiger partial charge in [0, 0.05) is 37.6 Å². The molecule has 0 radical (unpaired) electrons. The van der Waals surface area contributed by atoms with Crippen molar-refractivity contribution in [1.29, 1.82) is 0 Å². The van der Waals surface area contributed by atoms with Crippen molar-refractivity contribution in [3.8, 4) is 22.3 Å². The first-order valence-electron chi connectivity index (χ1n) is 12.2. The highest BCUT2D eigenvalue weighted by Gasteiger charge is 2.18. The van der Waals surface area contributed by atoms with Crippen LogP contribution in [0, 0.1) is 27.7 Å². The Labute approximate surface area is 195 Å². The normalized spacial score (nSPS) is 11.0. The van der Waals surface area contributed by atoms with Crippen molar-refractivity contribution in [2.75, 3.05) is 36.0 Å². The van der Waals surface area contributed by atoms with Crippen molar-refractivity contribution in [1.82, 2.24) is 0 Å². The van der Waals surface area contributed by atoms with E-state index in [0.717, 1.165) is 26.2 Å². The lowest BCUT2D eigenvalue weighted by atomic mass is 9.84. The molecule has 2 heteroatoms. The Morgan fingerprint density at radius 3 is 1.09 bits per heavy atom. The van der Waals surface area contributed by atoms with Gasteiger partial charge in [-0.1, -0.05) is 24.3 Å². The highest BCUT2D eigenvalue weighted by Crippen LogP contribution is 2.41. The summed E-state index contributed by atoms with van der Waals surface area (Å²) in [5, 5.41) is 0. The fraction of sp³-hybridized carbons (Fsp3) is 0.400. The molecule has 0 aliphatic rings. The molecule has 3 rings (SSSR count). The molecule has 3 aromatic rings. The maximum atomic E-state index is 2.41. The van der Waals surface area contributed by atoms with Gasteiger partial charge in [0.2, 0.25) is 0 Å². The molecule has 0 aliphatic carbocycles. The number of benzene rings is 3. The van der Waals surface area contributed by atoms with E-state index in [1.807, 2.05) is 0 Å². The van der Waals surface area contributed by atoms with Crippen molar-refractivity contribution < 1.29 is 0 Å². The molecule has 0 heterocycles. The zero-order valence-electron chi connectivity index (χ0n) is 21.3. The van der Waals surface area contributed by atoms with Crippen molar-refractivity contribution in [3.63, 3.8) is 0 Å². The summed E-state index contributed by atoms with van der Waals surface area (Å²) in [6.07, 6.45) is 0. The third kappa shape index (κ3) is 4.55. The van der Waals surface area contributed by atoms with Crippen LogP contribution in [0.1, 0.15) is 49.9 Å². The fourth-order valence-electron chi connectivity index (χ4n) is 4.93. The van der Waals surface area contributed by atoms with Crippen molar-refractivity contribution in [2.45, 2.75) is 55.4 Å². The molecule has 2 nitrogen and oxygen atoms in total. The molecular weight excluding hydrogens is 388 g/mol. The Morgan fingerprint density at radius 2 is 0.812 bits per heavy atom. The van der Waals surface area contributed by atoms with E-state index in [0.29, 0.717) is 0 Å². The molecule has 3 aromatic carbocycles. The molecule has 0 bridgehead atoms. The van der Waals surface area contributed by atoms with Gasteiger partial charge in [0.15, 0.2) is 0 Å². The van der Waals surface area contributed by atoms with E-state index in [1.165, 1.54) is 55.9 Å². The van der Waals surface area contributed by atoms with Gasteiger partial charge in [-0.25, -0.2) is 0 Å². The molecule has 0 saturated carbocycles. The molecule has 0 aliphatic heterocycles. The van der Waals surface area contributed by atoms with Crippen LogP contribution in [0.15, 0.2) is 48.5 Å². The number of hydrogen-bond acceptors (Lipinski definition) is 2. The minimum Gasteiger partial charge on any atom is -0.372 e. The third-order valence-electron chi connectivity index (χ3n) is 6.84. The van der Waals surface area contributed by atoms with Gasteiger partial charge < -0.3 is 9.80 Å². The minimum atomic E-state index is 1.03. The Hall–Kier alpha value is -2.74. The Bertz CT molecular complexity index is 986. The molecule has 0 spiro atoms. The lowest BCUT2D eigenvalue weighted by Crippen LogP contribution is -2.21. The third-order valence-corrected chi connectivity index (χ3v) is 6.84. The van der Waals surface area contributed by atoms with Crippen LogP contribution in [0.25, 0.3) is 22.3 Å². The molecule has 0 unspecified atom stereocenters. The average Bonchev–Trinajstić information content (AvgIpc) is 2.78. The smallest absolute Gasteiger partial charge is 0.0369 e. The van der Waals surface area contributed by atoms with E-state index in [2.05, 4.69) is 114 Å². The molecule has 0 atom stereocenters. The first-order valence-corrected chi connectivity index (χ1v) is 12.2. The Kier molecular flexibility index (Phi) is 7.66. The maximum absolute atomic E-state index is 2.41. The SMILES string of the molecule is CCN(CC)c1ccc(-c2c(C)ccc(C)c2-c2ccc(N(CC)CC)cc2C)c(C)c1. The standard InChI is InChI=1S/C30H40N2/c1-9-31(10-2)25-15-17-27(23(7)19-25)29-21(5)13-14-22(6)30(29)28-18-16-26(20-24(28)8)32(11-3)12-4/h13-20H,9-12H2,1-8H3. The van der Waals surface area contributed by atoms with Crippen LogP contribution >= 0.6 is 0 Å². The zero-order chi connectivity index (χ0) is 23.4. The number of hydrogen-bond donors (Lipinski definition) is 0. The van der Waals surface area contributed by atoms with E-state index in [9.17, 15) is 0 Å². The Balaban J connectivity index is 2.19. The summed E-state index contributed by atoms with van der Waals surface area (Å²) in [7, 11) is 0. The first-order chi connectivity index (χ1) is 15.4. The summed E-state index contributed by atoms with van der Waals surface area (Å²) in [5.41, 5.74) is 13.4. The fourth-order valence-corrected chi connectivity index (χ4v) is 4.93. The van der Waals surface area contributed by atoms with Gasteiger partial charge in [-0.2, -0.15) is 0 Å². The molecule has 0 amide bonds. The van der Waals surface area contributed by atoms with E-state index >= 15 is 0 Å². The first kappa shape index (κ1) is 23.9.